The largest absolute Gasteiger partial charge is 0.495 e. The molecule has 0 aliphatic carbocycles. The summed E-state index contributed by atoms with van der Waals surface area (Å²) in [7, 11) is 3.43. The van der Waals surface area contributed by atoms with Gasteiger partial charge in [-0.25, -0.2) is 0 Å². The number of benzene rings is 1. The van der Waals surface area contributed by atoms with Crippen LogP contribution in [0.15, 0.2) is 42.7 Å². The van der Waals surface area contributed by atoms with Crippen molar-refractivity contribution in [2.75, 3.05) is 14.2 Å². The van der Waals surface area contributed by atoms with E-state index in [1.807, 2.05) is 43.6 Å². The Morgan fingerprint density at radius 2 is 2.25 bits per heavy atom. The van der Waals surface area contributed by atoms with Gasteiger partial charge in [-0.2, -0.15) is 0 Å². The fraction of sp³-hybridized carbons (Fsp3) is 0.333. The Morgan fingerprint density at radius 3 is 2.92 bits per heavy atom. The molecule has 0 saturated carbocycles. The Kier molecular flexibility index (Phi) is 5.02. The Bertz CT molecular complexity index is 723. The Morgan fingerprint density at radius 1 is 1.42 bits per heavy atom. The molecule has 1 aromatic carbocycles. The lowest BCUT2D eigenvalue weighted by molar-refractivity contribution is -0.127. The second-order valence-electron chi connectivity index (χ2n) is 5.90. The number of halogens is 1. The second kappa shape index (κ2) is 7.20. The lowest BCUT2D eigenvalue weighted by atomic mass is 10.0. The molecule has 0 radical (unpaired) electrons. The number of carbonyl (C=O) groups is 1. The molecule has 1 aliphatic rings. The molecule has 2 aromatic rings. The molecule has 2 heterocycles. The number of rotatable bonds is 5. The van der Waals surface area contributed by atoms with E-state index in [2.05, 4.69) is 10.3 Å². The van der Waals surface area contributed by atoms with Gasteiger partial charge < -0.3 is 15.0 Å². The molecule has 5 nitrogen and oxygen atoms in total. The maximum Gasteiger partial charge on any atom is 0.224 e. The molecule has 1 amide bonds. The minimum Gasteiger partial charge on any atom is -0.495 e. The third-order valence-electron chi connectivity index (χ3n) is 4.40. The zero-order valence-electron chi connectivity index (χ0n) is 13.7. The summed E-state index contributed by atoms with van der Waals surface area (Å²) in [5, 5.41) is 4.07. The number of amides is 1. The molecule has 0 unspecified atom stereocenters. The third-order valence-corrected chi connectivity index (χ3v) is 4.69. The van der Waals surface area contributed by atoms with Gasteiger partial charge in [0, 0.05) is 38.4 Å². The number of likely N-dealkylation sites (N-methyl/N-ethyl adjacent to an activating group) is 1. The standard InChI is InChI=1S/C18H20ClN3O2/c1-22-17(23)9-15(18(22)13-4-3-7-20-11-13)21-10-12-5-6-16(24-2)14(19)8-12/h3-8,11,15,18,21H,9-10H2,1-2H3/t15-,18+/m1/s1. The first-order valence-electron chi connectivity index (χ1n) is 7.81. The summed E-state index contributed by atoms with van der Waals surface area (Å²) in [5.74, 6) is 0.790. The third kappa shape index (κ3) is 3.37. The van der Waals surface area contributed by atoms with Gasteiger partial charge in [-0.3, -0.25) is 9.78 Å². The number of aromatic nitrogens is 1. The first kappa shape index (κ1) is 16.7. The van der Waals surface area contributed by atoms with Gasteiger partial charge in [-0.15, -0.1) is 0 Å². The van der Waals surface area contributed by atoms with Crippen LogP contribution in [0, 0.1) is 0 Å². The number of likely N-dealkylation sites (tertiary alicyclic amines) is 1. The van der Waals surface area contributed by atoms with Crippen LogP contribution in [0.1, 0.15) is 23.6 Å². The minimum absolute atomic E-state index is 0.0140. The van der Waals surface area contributed by atoms with E-state index < -0.39 is 0 Å². The highest BCUT2D eigenvalue weighted by Gasteiger charge is 2.38. The maximum absolute atomic E-state index is 12.1. The Hall–Kier alpha value is -2.11. The molecule has 0 bridgehead atoms. The summed E-state index contributed by atoms with van der Waals surface area (Å²) in [4.78, 5) is 18.1. The molecule has 1 fully saturated rings. The molecule has 2 atom stereocenters. The van der Waals surface area contributed by atoms with Crippen LogP contribution in [0.3, 0.4) is 0 Å². The van der Waals surface area contributed by atoms with Gasteiger partial charge in [0.1, 0.15) is 5.75 Å². The highest BCUT2D eigenvalue weighted by atomic mass is 35.5. The monoisotopic (exact) mass is 345 g/mol. The van der Waals surface area contributed by atoms with Crippen molar-refractivity contribution in [3.63, 3.8) is 0 Å². The van der Waals surface area contributed by atoms with Gasteiger partial charge in [-0.1, -0.05) is 23.7 Å². The van der Waals surface area contributed by atoms with E-state index in [0.29, 0.717) is 23.7 Å². The van der Waals surface area contributed by atoms with Crippen molar-refractivity contribution in [1.29, 1.82) is 0 Å². The quantitative estimate of drug-likeness (QED) is 0.905. The topological polar surface area (TPSA) is 54.5 Å². The van der Waals surface area contributed by atoms with Gasteiger partial charge in [0.25, 0.3) is 0 Å². The van der Waals surface area contributed by atoms with Crippen LogP contribution < -0.4 is 10.1 Å². The molecule has 0 spiro atoms. The van der Waals surface area contributed by atoms with Crippen LogP contribution in [0.25, 0.3) is 0 Å². The maximum atomic E-state index is 12.1. The molecule has 1 aliphatic heterocycles. The van der Waals surface area contributed by atoms with Crippen LogP contribution in [-0.2, 0) is 11.3 Å². The number of hydrogen-bond donors (Lipinski definition) is 1. The highest BCUT2D eigenvalue weighted by molar-refractivity contribution is 6.32. The molecular weight excluding hydrogens is 326 g/mol. The summed E-state index contributed by atoms with van der Waals surface area (Å²) in [6.45, 7) is 0.631. The van der Waals surface area contributed by atoms with Crippen LogP contribution in [-0.4, -0.2) is 36.0 Å². The first-order chi connectivity index (χ1) is 11.6. The van der Waals surface area contributed by atoms with E-state index >= 15 is 0 Å². The van der Waals surface area contributed by atoms with Crippen molar-refractivity contribution in [2.24, 2.45) is 0 Å². The fourth-order valence-electron chi connectivity index (χ4n) is 3.13. The Balaban J connectivity index is 1.73. The number of pyridine rings is 1. The molecule has 1 aromatic heterocycles. The van der Waals surface area contributed by atoms with Crippen LogP contribution >= 0.6 is 11.6 Å². The summed E-state index contributed by atoms with van der Waals surface area (Å²) in [6, 6.07) is 9.62. The van der Waals surface area contributed by atoms with Crippen molar-refractivity contribution in [2.45, 2.75) is 25.0 Å². The summed E-state index contributed by atoms with van der Waals surface area (Å²) in [5.41, 5.74) is 2.09. The molecule has 126 valence electrons. The van der Waals surface area contributed by atoms with E-state index in [1.165, 1.54) is 0 Å². The second-order valence-corrected chi connectivity index (χ2v) is 6.30. The lowest BCUT2D eigenvalue weighted by Crippen LogP contribution is -2.34. The number of methoxy groups -OCH3 is 1. The summed E-state index contributed by atoms with van der Waals surface area (Å²) in [6.07, 6.45) is 4.03. The van der Waals surface area contributed by atoms with Crippen LogP contribution in [0.5, 0.6) is 5.75 Å². The van der Waals surface area contributed by atoms with Crippen molar-refractivity contribution in [1.82, 2.24) is 15.2 Å². The molecule has 1 N–H and O–H groups in total. The lowest BCUT2D eigenvalue weighted by Gasteiger charge is -2.25. The number of nitrogens with one attached hydrogen (secondary N) is 1. The van der Waals surface area contributed by atoms with E-state index in [1.54, 1.807) is 18.2 Å². The molecular formula is C18H20ClN3O2. The number of ether oxygens (including phenoxy) is 1. The van der Waals surface area contributed by atoms with Crippen molar-refractivity contribution in [3.05, 3.63) is 58.9 Å². The summed E-state index contributed by atoms with van der Waals surface area (Å²) < 4.78 is 5.17. The molecule has 3 rings (SSSR count). The van der Waals surface area contributed by atoms with Crippen molar-refractivity contribution < 1.29 is 9.53 Å². The highest BCUT2D eigenvalue weighted by Crippen LogP contribution is 2.32. The van der Waals surface area contributed by atoms with E-state index in [4.69, 9.17) is 16.3 Å². The van der Waals surface area contributed by atoms with Crippen molar-refractivity contribution in [3.8, 4) is 5.75 Å². The predicted octanol–water partition coefficient (Wildman–Crippen LogP) is 2.81. The van der Waals surface area contributed by atoms with Crippen LogP contribution in [0.2, 0.25) is 5.02 Å². The molecule has 1 saturated heterocycles. The number of hydrogen-bond acceptors (Lipinski definition) is 4. The SMILES string of the molecule is COc1ccc(CN[C@@H]2CC(=O)N(C)[C@H]2c2cccnc2)cc1Cl. The van der Waals surface area contributed by atoms with Crippen LogP contribution in [0.4, 0.5) is 0 Å². The number of nitrogens with zero attached hydrogens (tertiary/aromatic N) is 2. The van der Waals surface area contributed by atoms with E-state index in [9.17, 15) is 4.79 Å². The zero-order chi connectivity index (χ0) is 17.1. The molecule has 24 heavy (non-hydrogen) atoms. The normalized spacial score (nSPS) is 20.5. The minimum atomic E-state index is -0.0140. The zero-order valence-corrected chi connectivity index (χ0v) is 14.5. The number of carbonyl (C=O) groups excluding carboxylic acids is 1. The van der Waals surface area contributed by atoms with Crippen molar-refractivity contribution >= 4 is 17.5 Å². The van der Waals surface area contributed by atoms with E-state index in [0.717, 1.165) is 11.1 Å². The van der Waals surface area contributed by atoms with Gasteiger partial charge in [0.15, 0.2) is 0 Å². The molecule has 6 heteroatoms. The smallest absolute Gasteiger partial charge is 0.224 e. The average molecular weight is 346 g/mol. The van der Waals surface area contributed by atoms with Gasteiger partial charge >= 0.3 is 0 Å². The first-order valence-corrected chi connectivity index (χ1v) is 8.19. The summed E-state index contributed by atoms with van der Waals surface area (Å²) >= 11 is 6.17. The van der Waals surface area contributed by atoms with Gasteiger partial charge in [-0.05, 0) is 29.3 Å². The predicted molar refractivity (Wildman–Crippen MR) is 93.0 cm³/mol. The fourth-order valence-corrected chi connectivity index (χ4v) is 3.41. The average Bonchev–Trinajstić information content (AvgIpc) is 2.88. The van der Waals surface area contributed by atoms with Gasteiger partial charge in [0.05, 0.1) is 18.2 Å². The van der Waals surface area contributed by atoms with Gasteiger partial charge in [0.2, 0.25) is 5.91 Å². The Labute approximate surface area is 146 Å². The van der Waals surface area contributed by atoms with E-state index in [-0.39, 0.29) is 18.0 Å².